The minimum absolute atomic E-state index is 0.137. The summed E-state index contributed by atoms with van der Waals surface area (Å²) < 4.78 is 9.61. The Morgan fingerprint density at radius 2 is 1.94 bits per heavy atom. The minimum Gasteiger partial charge on any atom is -0.508 e. The number of aliphatic hydroxyl groups is 1. The summed E-state index contributed by atoms with van der Waals surface area (Å²) >= 11 is 0. The molecule has 0 aliphatic heterocycles. The van der Waals surface area contributed by atoms with Gasteiger partial charge in [0.25, 0.3) is 0 Å². The largest absolute Gasteiger partial charge is 0.508 e. The van der Waals surface area contributed by atoms with Crippen molar-refractivity contribution in [2.75, 3.05) is 7.11 Å². The molecule has 0 fully saturated rings. The fourth-order valence-electron chi connectivity index (χ4n) is 1.17. The number of hydrogen-bond donors (Lipinski definition) is 2. The van der Waals surface area contributed by atoms with Crippen LogP contribution in [0.25, 0.3) is 0 Å². The molecular formula is C11H14O5. The van der Waals surface area contributed by atoms with Crippen molar-refractivity contribution in [2.24, 2.45) is 0 Å². The van der Waals surface area contributed by atoms with Gasteiger partial charge >= 0.3 is 5.97 Å². The van der Waals surface area contributed by atoms with Crippen LogP contribution < -0.4 is 4.74 Å². The number of phenols is 1. The summed E-state index contributed by atoms with van der Waals surface area (Å²) in [5.74, 6) is -1.92. The van der Waals surface area contributed by atoms with Crippen LogP contribution in [0.15, 0.2) is 18.2 Å². The summed E-state index contributed by atoms with van der Waals surface area (Å²) in [6, 6.07) is 3.93. The number of aromatic hydroxyl groups is 1. The van der Waals surface area contributed by atoms with Crippen molar-refractivity contribution in [1.29, 1.82) is 0 Å². The number of ether oxygens (including phenoxy) is 2. The zero-order valence-electron chi connectivity index (χ0n) is 9.35. The summed E-state index contributed by atoms with van der Waals surface area (Å²) in [5.41, 5.74) is 0.154. The van der Waals surface area contributed by atoms with E-state index < -0.39 is 11.8 Å². The highest BCUT2D eigenvalue weighted by Gasteiger charge is 2.16. The number of rotatable bonds is 3. The van der Waals surface area contributed by atoms with E-state index >= 15 is 0 Å². The Morgan fingerprint density at radius 1 is 1.31 bits per heavy atom. The smallest absolute Gasteiger partial charge is 0.338 e. The molecule has 1 rings (SSSR count). The third-order valence-electron chi connectivity index (χ3n) is 1.68. The predicted octanol–water partition coefficient (Wildman–Crippen LogP) is 1.29. The molecular weight excluding hydrogens is 212 g/mol. The van der Waals surface area contributed by atoms with Crippen molar-refractivity contribution in [3.8, 4) is 11.5 Å². The average Bonchev–Trinajstić information content (AvgIpc) is 2.12. The van der Waals surface area contributed by atoms with Gasteiger partial charge in [0, 0.05) is 19.9 Å². The van der Waals surface area contributed by atoms with Gasteiger partial charge in [0.1, 0.15) is 11.5 Å². The molecule has 0 radical (unpaired) electrons. The second-order valence-corrected chi connectivity index (χ2v) is 3.76. The van der Waals surface area contributed by atoms with Crippen molar-refractivity contribution in [2.45, 2.75) is 19.6 Å². The summed E-state index contributed by atoms with van der Waals surface area (Å²) in [7, 11) is 1.24. The average molecular weight is 226 g/mol. The number of phenolic OH excluding ortho intramolecular Hbond substituents is 1. The van der Waals surface area contributed by atoms with E-state index in [1.54, 1.807) is 0 Å². The number of esters is 1. The van der Waals surface area contributed by atoms with Crippen molar-refractivity contribution in [3.05, 3.63) is 23.8 Å². The molecule has 5 nitrogen and oxygen atoms in total. The molecule has 0 heterocycles. The molecule has 0 saturated heterocycles. The predicted molar refractivity (Wildman–Crippen MR) is 56.4 cm³/mol. The van der Waals surface area contributed by atoms with E-state index in [0.29, 0.717) is 0 Å². The van der Waals surface area contributed by atoms with Gasteiger partial charge in [-0.25, -0.2) is 4.79 Å². The molecule has 0 spiro atoms. The van der Waals surface area contributed by atoms with Crippen LogP contribution in [-0.4, -0.2) is 29.1 Å². The van der Waals surface area contributed by atoms with E-state index in [4.69, 9.17) is 4.74 Å². The van der Waals surface area contributed by atoms with E-state index in [0.717, 1.165) is 0 Å². The van der Waals surface area contributed by atoms with Crippen LogP contribution in [0, 0.1) is 0 Å². The summed E-state index contributed by atoms with van der Waals surface area (Å²) in [6.45, 7) is 2.88. The second-order valence-electron chi connectivity index (χ2n) is 3.76. The lowest BCUT2D eigenvalue weighted by Crippen LogP contribution is -2.27. The van der Waals surface area contributed by atoms with Crippen molar-refractivity contribution < 1.29 is 24.5 Å². The molecule has 0 aromatic heterocycles. The standard InChI is InChI=1S/C11H14O5/c1-11(2,14)16-9-5-7(10(13)15-3)4-8(12)6-9/h4-6,12,14H,1-3H3. The topological polar surface area (TPSA) is 76.0 Å². The number of carbonyl (C=O) groups is 1. The summed E-state index contributed by atoms with van der Waals surface area (Å²) in [5, 5.41) is 18.8. The Hall–Kier alpha value is -1.75. The molecule has 88 valence electrons. The van der Waals surface area contributed by atoms with Gasteiger partial charge in [-0.3, -0.25) is 0 Å². The lowest BCUT2D eigenvalue weighted by molar-refractivity contribution is -0.104. The van der Waals surface area contributed by atoms with E-state index in [1.165, 1.54) is 39.2 Å². The Bertz CT molecular complexity index is 392. The van der Waals surface area contributed by atoms with Crippen LogP contribution in [0.3, 0.4) is 0 Å². The third-order valence-corrected chi connectivity index (χ3v) is 1.68. The fourth-order valence-corrected chi connectivity index (χ4v) is 1.17. The molecule has 5 heteroatoms. The van der Waals surface area contributed by atoms with Crippen molar-refractivity contribution >= 4 is 5.97 Å². The second kappa shape index (κ2) is 4.40. The maximum Gasteiger partial charge on any atom is 0.338 e. The zero-order valence-corrected chi connectivity index (χ0v) is 9.35. The monoisotopic (exact) mass is 226 g/mol. The molecule has 1 aromatic carbocycles. The van der Waals surface area contributed by atoms with Crippen molar-refractivity contribution in [1.82, 2.24) is 0 Å². The van der Waals surface area contributed by atoms with Crippen molar-refractivity contribution in [3.63, 3.8) is 0 Å². The number of carbonyl (C=O) groups excluding carboxylic acids is 1. The number of benzene rings is 1. The Balaban J connectivity index is 3.03. The highest BCUT2D eigenvalue weighted by atomic mass is 16.6. The van der Waals surface area contributed by atoms with Gasteiger partial charge in [-0.15, -0.1) is 0 Å². The maximum atomic E-state index is 11.2. The Morgan fingerprint density at radius 3 is 2.44 bits per heavy atom. The summed E-state index contributed by atoms with van der Waals surface area (Å²) in [4.78, 5) is 11.2. The van der Waals surface area contributed by atoms with Gasteiger partial charge in [0.15, 0.2) is 0 Å². The van der Waals surface area contributed by atoms with E-state index in [2.05, 4.69) is 4.74 Å². The van der Waals surface area contributed by atoms with Crippen LogP contribution in [-0.2, 0) is 4.74 Å². The van der Waals surface area contributed by atoms with Crippen LogP contribution in [0.2, 0.25) is 0 Å². The SMILES string of the molecule is COC(=O)c1cc(O)cc(OC(C)(C)O)c1. The lowest BCUT2D eigenvalue weighted by Gasteiger charge is -2.20. The van der Waals surface area contributed by atoms with Crippen LogP contribution in [0.1, 0.15) is 24.2 Å². The van der Waals surface area contributed by atoms with Crippen LogP contribution in [0.4, 0.5) is 0 Å². The molecule has 0 bridgehead atoms. The van der Waals surface area contributed by atoms with E-state index in [1.807, 2.05) is 0 Å². The van der Waals surface area contributed by atoms with Crippen LogP contribution in [0.5, 0.6) is 11.5 Å². The van der Waals surface area contributed by atoms with Gasteiger partial charge in [-0.05, 0) is 12.1 Å². The number of hydrogen-bond acceptors (Lipinski definition) is 5. The first-order chi connectivity index (χ1) is 7.31. The maximum absolute atomic E-state index is 11.2. The first-order valence-corrected chi connectivity index (χ1v) is 4.65. The molecule has 2 N–H and O–H groups in total. The minimum atomic E-state index is -1.39. The van der Waals surface area contributed by atoms with Gasteiger partial charge in [0.05, 0.1) is 12.7 Å². The zero-order chi connectivity index (χ0) is 12.3. The molecule has 0 saturated carbocycles. The fraction of sp³-hybridized carbons (Fsp3) is 0.364. The lowest BCUT2D eigenvalue weighted by atomic mass is 10.2. The van der Waals surface area contributed by atoms with E-state index in [-0.39, 0.29) is 17.1 Å². The molecule has 0 aliphatic rings. The molecule has 0 atom stereocenters. The quantitative estimate of drug-likeness (QED) is 0.600. The normalized spacial score (nSPS) is 11.0. The molecule has 16 heavy (non-hydrogen) atoms. The van der Waals surface area contributed by atoms with Crippen LogP contribution >= 0.6 is 0 Å². The summed E-state index contributed by atoms with van der Waals surface area (Å²) in [6.07, 6.45) is 0. The molecule has 1 aromatic rings. The van der Waals surface area contributed by atoms with Gasteiger partial charge in [-0.1, -0.05) is 0 Å². The Kier molecular flexibility index (Phi) is 3.39. The first-order valence-electron chi connectivity index (χ1n) is 4.65. The molecule has 0 amide bonds. The highest BCUT2D eigenvalue weighted by molar-refractivity contribution is 5.90. The molecule has 0 unspecified atom stereocenters. The Labute approximate surface area is 93.2 Å². The third kappa shape index (κ3) is 3.43. The highest BCUT2D eigenvalue weighted by Crippen LogP contribution is 2.24. The van der Waals surface area contributed by atoms with Gasteiger partial charge in [0.2, 0.25) is 5.79 Å². The van der Waals surface area contributed by atoms with Gasteiger partial charge in [-0.2, -0.15) is 0 Å². The number of methoxy groups -OCH3 is 1. The molecule has 0 aliphatic carbocycles. The van der Waals surface area contributed by atoms with E-state index in [9.17, 15) is 15.0 Å². The first kappa shape index (κ1) is 12.3. The van der Waals surface area contributed by atoms with Gasteiger partial charge < -0.3 is 19.7 Å².